The highest BCUT2D eigenvalue weighted by Gasteiger charge is 2.33. The summed E-state index contributed by atoms with van der Waals surface area (Å²) in [6, 6.07) is 3.72. The van der Waals surface area contributed by atoms with Crippen molar-refractivity contribution in [3.8, 4) is 11.5 Å². The number of hydrogen-bond acceptors (Lipinski definition) is 6. The van der Waals surface area contributed by atoms with Gasteiger partial charge in [0.25, 0.3) is 0 Å². The van der Waals surface area contributed by atoms with Crippen LogP contribution in [0, 0.1) is 5.92 Å². The van der Waals surface area contributed by atoms with Gasteiger partial charge >= 0.3 is 6.09 Å². The van der Waals surface area contributed by atoms with Gasteiger partial charge in [-0.05, 0) is 43.7 Å². The minimum Gasteiger partial charge on any atom is -0.497 e. The van der Waals surface area contributed by atoms with E-state index in [9.17, 15) is 20.1 Å². The van der Waals surface area contributed by atoms with Crippen LogP contribution in [-0.4, -0.2) is 59.5 Å². The number of aliphatic hydroxyl groups excluding tert-OH is 1. The first-order valence-corrected chi connectivity index (χ1v) is 12.6. The van der Waals surface area contributed by atoms with Gasteiger partial charge in [0.2, 0.25) is 0 Å². The maximum Gasteiger partial charge on any atom is 0.411 e. The van der Waals surface area contributed by atoms with Crippen molar-refractivity contribution < 1.29 is 34.3 Å². The van der Waals surface area contributed by atoms with E-state index in [0.29, 0.717) is 17.9 Å². The number of hydrogen-bond donors (Lipinski definition) is 3. The van der Waals surface area contributed by atoms with E-state index >= 15 is 0 Å². The van der Waals surface area contributed by atoms with Crippen molar-refractivity contribution in [1.82, 2.24) is 4.90 Å². The number of rotatable bonds is 4. The molecule has 3 aliphatic rings. The predicted octanol–water partition coefficient (Wildman–Crippen LogP) is 5.02. The number of fused-ring (bicyclic) bond motifs is 1. The van der Waals surface area contributed by atoms with Crippen molar-refractivity contribution in [1.29, 1.82) is 0 Å². The molecule has 3 atom stereocenters. The van der Waals surface area contributed by atoms with E-state index in [0.717, 1.165) is 61.8 Å². The van der Waals surface area contributed by atoms with Crippen molar-refractivity contribution in [2.75, 3.05) is 21.3 Å². The van der Waals surface area contributed by atoms with Gasteiger partial charge in [-0.1, -0.05) is 25.8 Å². The van der Waals surface area contributed by atoms with Crippen LogP contribution < -0.4 is 9.47 Å². The lowest BCUT2D eigenvalue weighted by molar-refractivity contribution is -0.202. The smallest absolute Gasteiger partial charge is 0.411 e. The van der Waals surface area contributed by atoms with E-state index in [1.807, 2.05) is 18.2 Å². The predicted molar refractivity (Wildman–Crippen MR) is 133 cm³/mol. The third kappa shape index (κ3) is 6.68. The summed E-state index contributed by atoms with van der Waals surface area (Å²) in [6.07, 6.45) is 8.96. The molecule has 2 aliphatic carbocycles. The molecule has 2 saturated carbocycles. The second kappa shape index (κ2) is 12.1. The van der Waals surface area contributed by atoms with Gasteiger partial charge in [0.05, 0.1) is 26.9 Å². The molecule has 4 rings (SSSR count). The molecule has 8 heteroatoms. The molecular weight excluding hydrogens is 450 g/mol. The molecule has 35 heavy (non-hydrogen) atoms. The number of carboxylic acid groups (broad SMARTS) is 1. The maximum atomic E-state index is 12.0. The lowest BCUT2D eigenvalue weighted by atomic mass is 9.83. The first-order valence-electron chi connectivity index (χ1n) is 12.6. The second-order valence-electron chi connectivity index (χ2n) is 9.88. The summed E-state index contributed by atoms with van der Waals surface area (Å²) >= 11 is 0. The Morgan fingerprint density at radius 3 is 2.31 bits per heavy atom. The van der Waals surface area contributed by atoms with Crippen molar-refractivity contribution in [2.24, 2.45) is 5.92 Å². The van der Waals surface area contributed by atoms with Gasteiger partial charge in [0.15, 0.2) is 5.79 Å². The molecule has 196 valence electrons. The van der Waals surface area contributed by atoms with Gasteiger partial charge in [-0.2, -0.15) is 0 Å². The molecule has 0 spiro atoms. The summed E-state index contributed by atoms with van der Waals surface area (Å²) < 4.78 is 15.8. The van der Waals surface area contributed by atoms with Crippen LogP contribution in [0.2, 0.25) is 0 Å². The summed E-state index contributed by atoms with van der Waals surface area (Å²) in [5.41, 5.74) is 2.67. The molecule has 0 radical (unpaired) electrons. The van der Waals surface area contributed by atoms with Gasteiger partial charge in [-0.25, -0.2) is 4.79 Å². The quantitative estimate of drug-likeness (QED) is 0.507. The van der Waals surface area contributed by atoms with Gasteiger partial charge in [-0.15, -0.1) is 0 Å². The van der Waals surface area contributed by atoms with Crippen LogP contribution in [0.25, 0.3) is 0 Å². The zero-order valence-electron chi connectivity index (χ0n) is 21.5. The lowest BCUT2D eigenvalue weighted by Gasteiger charge is -2.32. The monoisotopic (exact) mass is 491 g/mol. The number of methoxy groups -OCH3 is 3. The fraction of sp³-hybridized carbons (Fsp3) is 0.667. The molecule has 8 nitrogen and oxygen atoms in total. The molecule has 1 heterocycles. The number of carbonyl (C=O) groups is 1. The van der Waals surface area contributed by atoms with E-state index in [2.05, 4.69) is 6.92 Å². The van der Waals surface area contributed by atoms with E-state index in [-0.39, 0.29) is 24.5 Å². The Balaban J connectivity index is 0.000000320. The minimum absolute atomic E-state index is 0.00396. The molecule has 0 aromatic heterocycles. The van der Waals surface area contributed by atoms with Crippen molar-refractivity contribution in [2.45, 2.75) is 89.1 Å². The molecular formula is C27H41NO7. The van der Waals surface area contributed by atoms with Crippen LogP contribution in [0.4, 0.5) is 4.79 Å². The average Bonchev–Trinajstić information content (AvgIpc) is 3.01. The van der Waals surface area contributed by atoms with Crippen LogP contribution in [0.1, 0.15) is 81.8 Å². The van der Waals surface area contributed by atoms with Crippen LogP contribution in [0.3, 0.4) is 0 Å². The first-order chi connectivity index (χ1) is 16.7. The van der Waals surface area contributed by atoms with Gasteiger partial charge in [-0.3, -0.25) is 4.90 Å². The van der Waals surface area contributed by atoms with E-state index < -0.39 is 11.9 Å². The summed E-state index contributed by atoms with van der Waals surface area (Å²) in [5, 5.41) is 29.4. The molecule has 1 aromatic carbocycles. The van der Waals surface area contributed by atoms with Crippen LogP contribution in [0.5, 0.6) is 11.5 Å². The third-order valence-corrected chi connectivity index (χ3v) is 7.48. The fourth-order valence-electron chi connectivity index (χ4n) is 5.56. The third-order valence-electron chi connectivity index (χ3n) is 7.48. The lowest BCUT2D eigenvalue weighted by Crippen LogP contribution is -2.34. The number of benzene rings is 1. The Labute approximate surface area is 208 Å². The first kappa shape index (κ1) is 27.3. The van der Waals surface area contributed by atoms with E-state index in [1.165, 1.54) is 11.3 Å². The van der Waals surface area contributed by atoms with Gasteiger partial charge in [0, 0.05) is 49.1 Å². The Hall–Kier alpha value is -2.29. The summed E-state index contributed by atoms with van der Waals surface area (Å²) in [4.78, 5) is 13.4. The summed E-state index contributed by atoms with van der Waals surface area (Å²) in [7, 11) is 4.78. The molecule has 3 unspecified atom stereocenters. The standard InChI is InChI=1S/C20H27NO5.C7H14O2/c1-12-7-17(13-5-4-6-15(22)8-13)21(20(23)24)11-14-9-16(25-2)10-18(26-3)19(12)14;1-9-7(8)5-3-2-4-6-7/h7,9-10,12-13,15,22H,4-6,8,11H2,1-3H3,(H,23,24);8H,2-6H2,1H3. The van der Waals surface area contributed by atoms with E-state index in [4.69, 9.17) is 14.2 Å². The average molecular weight is 492 g/mol. The Morgan fingerprint density at radius 1 is 1.06 bits per heavy atom. The van der Waals surface area contributed by atoms with E-state index in [1.54, 1.807) is 21.3 Å². The molecule has 3 N–H and O–H groups in total. The molecule has 2 fully saturated rings. The van der Waals surface area contributed by atoms with Gasteiger partial charge < -0.3 is 29.5 Å². The van der Waals surface area contributed by atoms with Crippen LogP contribution in [0.15, 0.2) is 23.9 Å². The summed E-state index contributed by atoms with van der Waals surface area (Å²) in [6.45, 7) is 2.30. The van der Waals surface area contributed by atoms with Crippen molar-refractivity contribution in [3.63, 3.8) is 0 Å². The Kier molecular flexibility index (Phi) is 9.44. The van der Waals surface area contributed by atoms with Crippen molar-refractivity contribution >= 4 is 6.09 Å². The largest absolute Gasteiger partial charge is 0.497 e. The SMILES string of the molecule is COC1(O)CCCCC1.COc1cc2c(c(OC)c1)C(C)C=C(C1CCCC(O)C1)N(C(=O)O)C2. The second-order valence-corrected chi connectivity index (χ2v) is 9.88. The van der Waals surface area contributed by atoms with Crippen LogP contribution in [-0.2, 0) is 11.3 Å². The number of aliphatic hydroxyl groups is 2. The summed E-state index contributed by atoms with van der Waals surface area (Å²) in [5.74, 6) is 0.634. The molecule has 1 aromatic rings. The highest BCUT2D eigenvalue weighted by Crippen LogP contribution is 2.42. The Bertz CT molecular complexity index is 894. The van der Waals surface area contributed by atoms with Gasteiger partial charge in [0.1, 0.15) is 11.5 Å². The molecule has 0 bridgehead atoms. The molecule has 1 aliphatic heterocycles. The topological polar surface area (TPSA) is 109 Å². The number of nitrogens with zero attached hydrogens (tertiary/aromatic N) is 1. The maximum absolute atomic E-state index is 12.0. The number of amides is 1. The fourth-order valence-corrected chi connectivity index (χ4v) is 5.56. The highest BCUT2D eigenvalue weighted by molar-refractivity contribution is 5.69. The number of ether oxygens (including phenoxy) is 3. The zero-order chi connectivity index (χ0) is 25.6. The Morgan fingerprint density at radius 2 is 1.77 bits per heavy atom. The normalized spacial score (nSPS) is 25.8. The molecule has 1 amide bonds. The number of allylic oxidation sites excluding steroid dienone is 2. The molecule has 0 saturated heterocycles. The minimum atomic E-state index is -0.974. The zero-order valence-corrected chi connectivity index (χ0v) is 21.5. The van der Waals surface area contributed by atoms with Crippen LogP contribution >= 0.6 is 0 Å². The van der Waals surface area contributed by atoms with Crippen molar-refractivity contribution in [3.05, 3.63) is 35.0 Å². The highest BCUT2D eigenvalue weighted by atomic mass is 16.6.